The van der Waals surface area contributed by atoms with Gasteiger partial charge >= 0.3 is 0 Å². The Balaban J connectivity index is 1.84. The third-order valence-corrected chi connectivity index (χ3v) is 3.28. The molecule has 0 radical (unpaired) electrons. The molecule has 2 aromatic rings. The summed E-state index contributed by atoms with van der Waals surface area (Å²) in [4.78, 5) is 12.4. The zero-order valence-electron chi connectivity index (χ0n) is 11.1. The monoisotopic (exact) mass is 266 g/mol. The molecule has 2 aromatic carbocycles. The molecule has 100 valence electrons. The maximum atomic E-state index is 12.4. The first-order chi connectivity index (χ1) is 9.79. The topological polar surface area (TPSA) is 41.9 Å². The van der Waals surface area contributed by atoms with E-state index in [1.165, 1.54) is 5.01 Å². The van der Waals surface area contributed by atoms with Crippen LogP contribution in [0.4, 0.5) is 5.69 Å². The van der Waals surface area contributed by atoms with E-state index in [1.54, 1.807) is 13.3 Å². The summed E-state index contributed by atoms with van der Waals surface area (Å²) >= 11 is 0. The predicted octanol–water partition coefficient (Wildman–Crippen LogP) is 2.81. The molecule has 3 rings (SSSR count). The molecule has 0 aromatic heterocycles. The zero-order chi connectivity index (χ0) is 13.9. The van der Waals surface area contributed by atoms with Crippen molar-refractivity contribution in [1.82, 2.24) is 0 Å². The molecule has 4 heteroatoms. The number of anilines is 1. The molecule has 0 saturated heterocycles. The first kappa shape index (κ1) is 12.4. The molecule has 0 spiro atoms. The van der Waals surface area contributed by atoms with E-state index in [0.717, 1.165) is 17.0 Å². The third-order valence-electron chi connectivity index (χ3n) is 3.28. The van der Waals surface area contributed by atoms with Crippen molar-refractivity contribution in [3.8, 4) is 5.75 Å². The normalized spacial score (nSPS) is 17.6. The fourth-order valence-corrected chi connectivity index (χ4v) is 2.19. The standard InChI is InChI=1S/C16H14N2O2/c1-20-14-9-7-12(8-10-14)15-11-17-18(16(15)19)13-5-3-2-4-6-13/h2-11,15H,1H3. The van der Waals surface area contributed by atoms with E-state index in [-0.39, 0.29) is 11.8 Å². The van der Waals surface area contributed by atoms with Crippen LogP contribution >= 0.6 is 0 Å². The Hall–Kier alpha value is -2.62. The molecular weight excluding hydrogens is 252 g/mol. The van der Waals surface area contributed by atoms with Gasteiger partial charge in [0.15, 0.2) is 0 Å². The zero-order valence-corrected chi connectivity index (χ0v) is 11.1. The summed E-state index contributed by atoms with van der Waals surface area (Å²) in [5.74, 6) is 0.401. The molecule has 1 amide bonds. The predicted molar refractivity (Wildman–Crippen MR) is 78.2 cm³/mol. The third kappa shape index (κ3) is 2.16. The molecule has 0 saturated carbocycles. The molecule has 20 heavy (non-hydrogen) atoms. The van der Waals surface area contributed by atoms with Gasteiger partial charge < -0.3 is 4.74 Å². The first-order valence-electron chi connectivity index (χ1n) is 6.36. The minimum absolute atomic E-state index is 0.0404. The smallest absolute Gasteiger partial charge is 0.260 e. The fourth-order valence-electron chi connectivity index (χ4n) is 2.19. The average molecular weight is 266 g/mol. The van der Waals surface area contributed by atoms with E-state index in [1.807, 2.05) is 54.6 Å². The van der Waals surface area contributed by atoms with E-state index in [0.29, 0.717) is 0 Å². The summed E-state index contributed by atoms with van der Waals surface area (Å²) in [6.45, 7) is 0. The van der Waals surface area contributed by atoms with Crippen LogP contribution in [0.3, 0.4) is 0 Å². The van der Waals surface area contributed by atoms with Gasteiger partial charge in [-0.05, 0) is 29.8 Å². The number of methoxy groups -OCH3 is 1. The number of carbonyl (C=O) groups excluding carboxylic acids is 1. The van der Waals surface area contributed by atoms with Crippen LogP contribution in [0.2, 0.25) is 0 Å². The number of ether oxygens (including phenoxy) is 1. The van der Waals surface area contributed by atoms with Crippen LogP contribution in [-0.4, -0.2) is 19.2 Å². The highest BCUT2D eigenvalue weighted by Crippen LogP contribution is 2.27. The van der Waals surface area contributed by atoms with Gasteiger partial charge in [-0.15, -0.1) is 0 Å². The SMILES string of the molecule is COc1ccc(C2C=NN(c3ccccc3)C2=O)cc1. The van der Waals surface area contributed by atoms with Gasteiger partial charge in [0, 0.05) is 6.21 Å². The number of benzene rings is 2. The Bertz CT molecular complexity index is 635. The second-order valence-corrected chi connectivity index (χ2v) is 4.50. The van der Waals surface area contributed by atoms with Gasteiger partial charge in [-0.25, -0.2) is 5.01 Å². The van der Waals surface area contributed by atoms with Crippen molar-refractivity contribution in [3.05, 3.63) is 60.2 Å². The van der Waals surface area contributed by atoms with Gasteiger partial charge in [-0.2, -0.15) is 5.10 Å². The fraction of sp³-hybridized carbons (Fsp3) is 0.125. The van der Waals surface area contributed by atoms with Crippen molar-refractivity contribution in [2.45, 2.75) is 5.92 Å². The van der Waals surface area contributed by atoms with E-state index in [2.05, 4.69) is 5.10 Å². The highest BCUT2D eigenvalue weighted by Gasteiger charge is 2.30. The lowest BCUT2D eigenvalue weighted by molar-refractivity contribution is -0.118. The van der Waals surface area contributed by atoms with Crippen molar-refractivity contribution in [3.63, 3.8) is 0 Å². The Kier molecular flexibility index (Phi) is 3.21. The molecule has 0 aliphatic carbocycles. The van der Waals surface area contributed by atoms with Crippen LogP contribution in [0.25, 0.3) is 0 Å². The Morgan fingerprint density at radius 3 is 2.40 bits per heavy atom. The lowest BCUT2D eigenvalue weighted by atomic mass is 10.00. The number of hydrogen-bond acceptors (Lipinski definition) is 3. The summed E-state index contributed by atoms with van der Waals surface area (Å²) in [7, 11) is 1.62. The number of carbonyl (C=O) groups is 1. The minimum Gasteiger partial charge on any atom is -0.497 e. The van der Waals surface area contributed by atoms with Gasteiger partial charge in [0.2, 0.25) is 0 Å². The summed E-state index contributed by atoms with van der Waals surface area (Å²) in [5.41, 5.74) is 1.70. The van der Waals surface area contributed by atoms with Gasteiger partial charge in [-0.3, -0.25) is 4.79 Å². The van der Waals surface area contributed by atoms with E-state index >= 15 is 0 Å². The molecule has 1 atom stereocenters. The first-order valence-corrected chi connectivity index (χ1v) is 6.36. The number of nitrogens with zero attached hydrogens (tertiary/aromatic N) is 2. The Morgan fingerprint density at radius 2 is 1.75 bits per heavy atom. The summed E-state index contributed by atoms with van der Waals surface area (Å²) in [6.07, 6.45) is 1.68. The Morgan fingerprint density at radius 1 is 1.05 bits per heavy atom. The molecule has 0 bridgehead atoms. The highest BCUT2D eigenvalue weighted by atomic mass is 16.5. The maximum Gasteiger partial charge on any atom is 0.260 e. The number of hydrazone groups is 1. The second kappa shape index (κ2) is 5.17. The highest BCUT2D eigenvalue weighted by molar-refractivity contribution is 6.12. The van der Waals surface area contributed by atoms with Crippen molar-refractivity contribution >= 4 is 17.8 Å². The molecular formula is C16H14N2O2. The quantitative estimate of drug-likeness (QED) is 0.857. The van der Waals surface area contributed by atoms with E-state index in [9.17, 15) is 4.79 Å². The summed E-state index contributed by atoms with van der Waals surface area (Å²) in [6, 6.07) is 16.9. The molecule has 1 aliphatic heterocycles. The number of para-hydroxylation sites is 1. The number of hydrogen-bond donors (Lipinski definition) is 0. The lowest BCUT2D eigenvalue weighted by Gasteiger charge is -2.14. The number of amides is 1. The lowest BCUT2D eigenvalue weighted by Crippen LogP contribution is -2.24. The van der Waals surface area contributed by atoms with Crippen molar-refractivity contribution in [2.75, 3.05) is 12.1 Å². The van der Waals surface area contributed by atoms with Crippen LogP contribution in [0.15, 0.2) is 59.7 Å². The van der Waals surface area contributed by atoms with Crippen molar-refractivity contribution in [2.24, 2.45) is 5.10 Å². The average Bonchev–Trinajstić information content (AvgIpc) is 2.90. The van der Waals surface area contributed by atoms with Gasteiger partial charge in [0.25, 0.3) is 5.91 Å². The van der Waals surface area contributed by atoms with Gasteiger partial charge in [-0.1, -0.05) is 30.3 Å². The molecule has 4 nitrogen and oxygen atoms in total. The van der Waals surface area contributed by atoms with Crippen LogP contribution < -0.4 is 9.75 Å². The van der Waals surface area contributed by atoms with Crippen LogP contribution in [-0.2, 0) is 4.79 Å². The molecule has 0 fully saturated rings. The number of rotatable bonds is 3. The van der Waals surface area contributed by atoms with Crippen LogP contribution in [0, 0.1) is 0 Å². The molecule has 1 aliphatic rings. The van der Waals surface area contributed by atoms with Gasteiger partial charge in [0.05, 0.1) is 12.8 Å². The van der Waals surface area contributed by atoms with E-state index in [4.69, 9.17) is 4.74 Å². The van der Waals surface area contributed by atoms with E-state index < -0.39 is 0 Å². The molecule has 1 heterocycles. The molecule has 0 N–H and O–H groups in total. The second-order valence-electron chi connectivity index (χ2n) is 4.50. The van der Waals surface area contributed by atoms with Gasteiger partial charge in [0.1, 0.15) is 11.7 Å². The maximum absolute atomic E-state index is 12.4. The van der Waals surface area contributed by atoms with Crippen LogP contribution in [0.1, 0.15) is 11.5 Å². The minimum atomic E-state index is -0.332. The van der Waals surface area contributed by atoms with Crippen LogP contribution in [0.5, 0.6) is 5.75 Å². The largest absolute Gasteiger partial charge is 0.497 e. The Labute approximate surface area is 117 Å². The summed E-state index contributed by atoms with van der Waals surface area (Å²) < 4.78 is 5.12. The molecule has 1 unspecified atom stereocenters. The van der Waals surface area contributed by atoms with Crippen molar-refractivity contribution in [1.29, 1.82) is 0 Å². The summed E-state index contributed by atoms with van der Waals surface area (Å²) in [5, 5.41) is 5.65. The van der Waals surface area contributed by atoms with Crippen molar-refractivity contribution < 1.29 is 9.53 Å².